The van der Waals surface area contributed by atoms with Crippen molar-refractivity contribution in [1.82, 2.24) is 0 Å². The van der Waals surface area contributed by atoms with Gasteiger partial charge in [0.2, 0.25) is 0 Å². The van der Waals surface area contributed by atoms with Gasteiger partial charge in [-0.2, -0.15) is 0 Å². The molecule has 0 N–H and O–H groups in total. The molecule has 1 aromatic rings. The lowest BCUT2D eigenvalue weighted by Crippen LogP contribution is -2.30. The fourth-order valence-corrected chi connectivity index (χ4v) is 2.30. The second-order valence-electron chi connectivity index (χ2n) is 5.87. The highest BCUT2D eigenvalue weighted by Gasteiger charge is 2.10. The van der Waals surface area contributed by atoms with Crippen LogP contribution in [0.5, 0.6) is 0 Å². The summed E-state index contributed by atoms with van der Waals surface area (Å²) in [6, 6.07) is 8.64. The smallest absolute Gasteiger partial charge is 0.0806 e. The lowest BCUT2D eigenvalue weighted by atomic mass is 10.2. The van der Waals surface area contributed by atoms with Crippen molar-refractivity contribution in [3.63, 3.8) is 0 Å². The van der Waals surface area contributed by atoms with Crippen LogP contribution in [0.4, 0.5) is 5.69 Å². The molecule has 0 saturated heterocycles. The molecular weight excluding hydrogens is 274 g/mol. The number of ether oxygens (including phenoxy) is 2. The summed E-state index contributed by atoms with van der Waals surface area (Å²) in [5.41, 5.74) is 2.57. The summed E-state index contributed by atoms with van der Waals surface area (Å²) in [5, 5.41) is 0. The summed E-state index contributed by atoms with van der Waals surface area (Å²) in [6.07, 6.45) is 2.56. The summed E-state index contributed by atoms with van der Waals surface area (Å²) in [6.45, 7) is 14.1. The van der Waals surface area contributed by atoms with Crippen molar-refractivity contribution in [2.45, 2.75) is 59.7 Å². The van der Waals surface area contributed by atoms with Gasteiger partial charge in [0, 0.05) is 18.8 Å². The summed E-state index contributed by atoms with van der Waals surface area (Å²) < 4.78 is 11.8. The number of hydrogen-bond acceptors (Lipinski definition) is 3. The molecule has 0 spiro atoms. The topological polar surface area (TPSA) is 21.7 Å². The van der Waals surface area contributed by atoms with E-state index in [0.717, 1.165) is 32.5 Å². The Morgan fingerprint density at radius 1 is 1.09 bits per heavy atom. The van der Waals surface area contributed by atoms with Crippen LogP contribution in [0.1, 0.15) is 46.1 Å². The first-order chi connectivity index (χ1) is 10.6. The molecule has 0 amide bonds. The second kappa shape index (κ2) is 10.6. The maximum Gasteiger partial charge on any atom is 0.0806 e. The van der Waals surface area contributed by atoms with Crippen molar-refractivity contribution in [3.8, 4) is 0 Å². The van der Waals surface area contributed by atoms with Crippen molar-refractivity contribution in [3.05, 3.63) is 29.8 Å². The van der Waals surface area contributed by atoms with Gasteiger partial charge in [-0.3, -0.25) is 0 Å². The van der Waals surface area contributed by atoms with E-state index in [0.29, 0.717) is 12.7 Å². The van der Waals surface area contributed by atoms with Crippen LogP contribution in [0.3, 0.4) is 0 Å². The molecule has 0 saturated carbocycles. The first-order valence-corrected chi connectivity index (χ1v) is 8.65. The summed E-state index contributed by atoms with van der Waals surface area (Å²) in [4.78, 5) is 2.36. The van der Waals surface area contributed by atoms with Crippen LogP contribution >= 0.6 is 0 Å². The van der Waals surface area contributed by atoms with Crippen LogP contribution in [-0.2, 0) is 9.47 Å². The highest BCUT2D eigenvalue weighted by Crippen LogP contribution is 2.15. The first kappa shape index (κ1) is 19.0. The third-order valence-corrected chi connectivity index (χ3v) is 4.06. The van der Waals surface area contributed by atoms with E-state index in [-0.39, 0.29) is 6.10 Å². The molecule has 0 bridgehead atoms. The van der Waals surface area contributed by atoms with Crippen molar-refractivity contribution >= 4 is 5.69 Å². The third-order valence-electron chi connectivity index (χ3n) is 4.06. The minimum atomic E-state index is 0.199. The number of likely N-dealkylation sites (N-methyl/N-ethyl adjacent to an activating group) is 1. The molecular formula is C19H33NO2. The number of benzene rings is 1. The normalized spacial score (nSPS) is 13.9. The van der Waals surface area contributed by atoms with E-state index in [1.54, 1.807) is 0 Å². The van der Waals surface area contributed by atoms with Crippen LogP contribution in [-0.4, -0.2) is 38.5 Å². The Labute approximate surface area is 136 Å². The van der Waals surface area contributed by atoms with Crippen LogP contribution in [0.15, 0.2) is 24.3 Å². The molecule has 3 nitrogen and oxygen atoms in total. The average Bonchev–Trinajstić information content (AvgIpc) is 2.54. The van der Waals surface area contributed by atoms with Gasteiger partial charge in [0.25, 0.3) is 0 Å². The Morgan fingerprint density at radius 2 is 1.86 bits per heavy atom. The molecule has 0 aromatic heterocycles. The SMILES string of the molecule is CCC(C)OCC(CC)OCCN(CC)c1cccc(C)c1. The van der Waals surface area contributed by atoms with Crippen molar-refractivity contribution in [2.24, 2.45) is 0 Å². The zero-order valence-electron chi connectivity index (χ0n) is 15.0. The van der Waals surface area contributed by atoms with Gasteiger partial charge in [0.05, 0.1) is 25.4 Å². The molecule has 0 fully saturated rings. The summed E-state index contributed by atoms with van der Waals surface area (Å²) >= 11 is 0. The van der Waals surface area contributed by atoms with Gasteiger partial charge in [-0.25, -0.2) is 0 Å². The maximum atomic E-state index is 6.00. The standard InChI is InChI=1S/C19H33NO2/c1-6-17(5)22-15-19(7-2)21-13-12-20(8-3)18-11-9-10-16(4)14-18/h9-11,14,17,19H,6-8,12-13,15H2,1-5H3. The van der Waals surface area contributed by atoms with Crippen LogP contribution in [0.25, 0.3) is 0 Å². The van der Waals surface area contributed by atoms with E-state index in [4.69, 9.17) is 9.47 Å². The van der Waals surface area contributed by atoms with Gasteiger partial charge < -0.3 is 14.4 Å². The minimum absolute atomic E-state index is 0.199. The highest BCUT2D eigenvalue weighted by atomic mass is 16.5. The Bertz CT molecular complexity index is 408. The van der Waals surface area contributed by atoms with Gasteiger partial charge in [-0.15, -0.1) is 0 Å². The van der Waals surface area contributed by atoms with Gasteiger partial charge in [0.15, 0.2) is 0 Å². The fourth-order valence-electron chi connectivity index (χ4n) is 2.30. The van der Waals surface area contributed by atoms with E-state index in [9.17, 15) is 0 Å². The predicted molar refractivity (Wildman–Crippen MR) is 94.8 cm³/mol. The Kier molecular flexibility index (Phi) is 9.17. The molecule has 0 aliphatic heterocycles. The van der Waals surface area contributed by atoms with Crippen molar-refractivity contribution < 1.29 is 9.47 Å². The largest absolute Gasteiger partial charge is 0.376 e. The van der Waals surface area contributed by atoms with Crippen molar-refractivity contribution in [1.29, 1.82) is 0 Å². The Morgan fingerprint density at radius 3 is 2.45 bits per heavy atom. The Balaban J connectivity index is 2.39. The second-order valence-corrected chi connectivity index (χ2v) is 5.87. The molecule has 126 valence electrons. The molecule has 0 heterocycles. The van der Waals surface area contributed by atoms with Gasteiger partial charge >= 0.3 is 0 Å². The van der Waals surface area contributed by atoms with Crippen LogP contribution in [0, 0.1) is 6.92 Å². The lowest BCUT2D eigenvalue weighted by molar-refractivity contribution is -0.0394. The lowest BCUT2D eigenvalue weighted by Gasteiger charge is -2.25. The number of anilines is 1. The molecule has 1 rings (SSSR count). The fraction of sp³-hybridized carbons (Fsp3) is 0.684. The minimum Gasteiger partial charge on any atom is -0.376 e. The first-order valence-electron chi connectivity index (χ1n) is 8.65. The molecule has 2 atom stereocenters. The molecule has 1 aromatic carbocycles. The molecule has 3 heteroatoms. The van der Waals surface area contributed by atoms with E-state index >= 15 is 0 Å². The van der Waals surface area contributed by atoms with Crippen molar-refractivity contribution in [2.75, 3.05) is 31.2 Å². The van der Waals surface area contributed by atoms with Crippen LogP contribution < -0.4 is 4.90 Å². The zero-order valence-corrected chi connectivity index (χ0v) is 15.0. The predicted octanol–water partition coefficient (Wildman–Crippen LogP) is 4.43. The van der Waals surface area contributed by atoms with E-state index in [2.05, 4.69) is 63.8 Å². The summed E-state index contributed by atoms with van der Waals surface area (Å²) in [7, 11) is 0. The van der Waals surface area contributed by atoms with Crippen LogP contribution in [0.2, 0.25) is 0 Å². The highest BCUT2D eigenvalue weighted by molar-refractivity contribution is 5.48. The van der Waals surface area contributed by atoms with Gasteiger partial charge in [-0.05, 0) is 51.3 Å². The monoisotopic (exact) mass is 307 g/mol. The molecule has 22 heavy (non-hydrogen) atoms. The number of hydrogen-bond donors (Lipinski definition) is 0. The van der Waals surface area contributed by atoms with Gasteiger partial charge in [-0.1, -0.05) is 26.0 Å². The molecule has 0 aliphatic rings. The molecule has 0 radical (unpaired) electrons. The Hall–Kier alpha value is -1.06. The number of nitrogens with zero attached hydrogens (tertiary/aromatic N) is 1. The maximum absolute atomic E-state index is 6.00. The third kappa shape index (κ3) is 6.80. The zero-order chi connectivity index (χ0) is 16.4. The molecule has 2 unspecified atom stereocenters. The van der Waals surface area contributed by atoms with E-state index in [1.165, 1.54) is 11.3 Å². The van der Waals surface area contributed by atoms with Gasteiger partial charge in [0.1, 0.15) is 0 Å². The molecule has 0 aliphatic carbocycles. The summed E-state index contributed by atoms with van der Waals surface area (Å²) in [5.74, 6) is 0. The van der Waals surface area contributed by atoms with E-state index in [1.807, 2.05) is 0 Å². The average molecular weight is 307 g/mol. The van der Waals surface area contributed by atoms with E-state index < -0.39 is 0 Å². The quantitative estimate of drug-likeness (QED) is 0.603. The number of aryl methyl sites for hydroxylation is 1. The number of rotatable bonds is 11.